The van der Waals surface area contributed by atoms with Gasteiger partial charge in [-0.15, -0.1) is 0 Å². The number of carbonyl (C=O) groups excluding carboxylic acids is 1. The first-order valence-electron chi connectivity index (χ1n) is 4.36. The van der Waals surface area contributed by atoms with Crippen molar-refractivity contribution in [3.8, 4) is 0 Å². The van der Waals surface area contributed by atoms with Gasteiger partial charge in [-0.25, -0.2) is 0 Å². The molecule has 0 aromatic carbocycles. The third-order valence-corrected chi connectivity index (χ3v) is 2.23. The van der Waals surface area contributed by atoms with Crippen molar-refractivity contribution in [1.82, 2.24) is 4.98 Å². The van der Waals surface area contributed by atoms with Gasteiger partial charge in [-0.1, -0.05) is 0 Å². The molecule has 1 fully saturated rings. The molecule has 0 bridgehead atoms. The fourth-order valence-corrected chi connectivity index (χ4v) is 1.54. The Kier molecular flexibility index (Phi) is 2.09. The Morgan fingerprint density at radius 2 is 2.43 bits per heavy atom. The van der Waals surface area contributed by atoms with Crippen molar-refractivity contribution in [2.24, 2.45) is 0 Å². The Balaban J connectivity index is 2.32. The van der Waals surface area contributed by atoms with Crippen LogP contribution in [0.25, 0.3) is 0 Å². The lowest BCUT2D eigenvalue weighted by molar-refractivity contribution is -0.117. The molecule has 1 aromatic heterocycles. The van der Waals surface area contributed by atoms with Crippen LogP contribution in [-0.4, -0.2) is 28.6 Å². The zero-order valence-corrected chi connectivity index (χ0v) is 7.55. The molecule has 2 heterocycles. The van der Waals surface area contributed by atoms with Crippen molar-refractivity contribution < 1.29 is 9.90 Å². The predicted octanol–water partition coefficient (Wildman–Crippen LogP) is -0.239. The molecule has 0 radical (unpaired) electrons. The van der Waals surface area contributed by atoms with Gasteiger partial charge in [0.1, 0.15) is 0 Å². The number of rotatable bonds is 1. The van der Waals surface area contributed by atoms with E-state index in [1.807, 2.05) is 0 Å². The number of nitrogens with two attached hydrogens (primary N) is 1. The van der Waals surface area contributed by atoms with Crippen molar-refractivity contribution in [2.75, 3.05) is 17.2 Å². The number of aliphatic hydroxyl groups excluding tert-OH is 1. The highest BCUT2D eigenvalue weighted by molar-refractivity contribution is 5.98. The number of aliphatic hydroxyl groups is 1. The third kappa shape index (κ3) is 1.42. The van der Waals surface area contributed by atoms with Crippen LogP contribution in [0.5, 0.6) is 0 Å². The topological polar surface area (TPSA) is 79.4 Å². The summed E-state index contributed by atoms with van der Waals surface area (Å²) in [4.78, 5) is 16.8. The van der Waals surface area contributed by atoms with Crippen LogP contribution < -0.4 is 10.6 Å². The smallest absolute Gasteiger partial charge is 0.229 e. The van der Waals surface area contributed by atoms with Crippen molar-refractivity contribution in [3.63, 3.8) is 0 Å². The van der Waals surface area contributed by atoms with E-state index in [1.54, 1.807) is 12.3 Å². The first-order chi connectivity index (χ1) is 6.68. The molecule has 5 heteroatoms. The zero-order valence-electron chi connectivity index (χ0n) is 7.55. The van der Waals surface area contributed by atoms with E-state index < -0.39 is 6.10 Å². The first kappa shape index (κ1) is 8.96. The van der Waals surface area contributed by atoms with Gasteiger partial charge >= 0.3 is 0 Å². The molecule has 0 saturated carbocycles. The number of hydrogen-bond donors (Lipinski definition) is 2. The molecule has 14 heavy (non-hydrogen) atoms. The number of nitrogen functional groups attached to an aromatic ring is 1. The Morgan fingerprint density at radius 3 is 3.00 bits per heavy atom. The standard InChI is InChI=1S/C9H11N3O2/c10-7-1-2-11-4-8(7)12-5-6(13)3-9(12)14/h1-2,4,6,13H,3,5H2,(H2,10,11). The fourth-order valence-electron chi connectivity index (χ4n) is 1.54. The van der Waals surface area contributed by atoms with Crippen LogP contribution in [0.2, 0.25) is 0 Å². The monoisotopic (exact) mass is 193 g/mol. The molecular formula is C9H11N3O2. The largest absolute Gasteiger partial charge is 0.397 e. The summed E-state index contributed by atoms with van der Waals surface area (Å²) in [5.74, 6) is -0.114. The molecular weight excluding hydrogens is 182 g/mol. The maximum atomic E-state index is 11.4. The lowest BCUT2D eigenvalue weighted by Gasteiger charge is -2.16. The Bertz CT molecular complexity index is 367. The number of pyridine rings is 1. The Labute approximate surface area is 81.2 Å². The maximum absolute atomic E-state index is 11.4. The molecule has 2 rings (SSSR count). The van der Waals surface area contributed by atoms with Crippen LogP contribution in [0.15, 0.2) is 18.5 Å². The van der Waals surface area contributed by atoms with Crippen LogP contribution in [0.3, 0.4) is 0 Å². The van der Waals surface area contributed by atoms with Gasteiger partial charge < -0.3 is 15.7 Å². The summed E-state index contributed by atoms with van der Waals surface area (Å²) in [6, 6.07) is 1.63. The number of hydrogen-bond acceptors (Lipinski definition) is 4. The van der Waals surface area contributed by atoms with Gasteiger partial charge in [0.25, 0.3) is 0 Å². The summed E-state index contributed by atoms with van der Waals surface area (Å²) in [5.41, 5.74) is 6.77. The van der Waals surface area contributed by atoms with E-state index in [1.165, 1.54) is 11.1 Å². The SMILES string of the molecule is Nc1ccncc1N1CC(O)CC1=O. The van der Waals surface area contributed by atoms with E-state index in [9.17, 15) is 9.90 Å². The molecule has 0 spiro atoms. The molecule has 5 nitrogen and oxygen atoms in total. The molecule has 1 aromatic rings. The molecule has 74 valence electrons. The van der Waals surface area contributed by atoms with Crippen molar-refractivity contribution >= 4 is 17.3 Å². The number of β-amino-alcohol motifs (C(OH)–C–C–N with tert-alkyl or cyclic N) is 1. The number of aromatic nitrogens is 1. The summed E-state index contributed by atoms with van der Waals surface area (Å²) in [5, 5.41) is 9.30. The Morgan fingerprint density at radius 1 is 1.64 bits per heavy atom. The molecule has 3 N–H and O–H groups in total. The van der Waals surface area contributed by atoms with Gasteiger partial charge in [0.05, 0.1) is 36.6 Å². The van der Waals surface area contributed by atoms with E-state index in [0.29, 0.717) is 17.9 Å². The lowest BCUT2D eigenvalue weighted by Crippen LogP contribution is -2.26. The molecule has 1 unspecified atom stereocenters. The quantitative estimate of drug-likeness (QED) is 0.645. The van der Waals surface area contributed by atoms with Crippen molar-refractivity contribution in [3.05, 3.63) is 18.5 Å². The van der Waals surface area contributed by atoms with Gasteiger partial charge in [0, 0.05) is 6.20 Å². The van der Waals surface area contributed by atoms with Gasteiger partial charge in [-0.2, -0.15) is 0 Å². The summed E-state index contributed by atoms with van der Waals surface area (Å²) in [6.45, 7) is 0.300. The van der Waals surface area contributed by atoms with E-state index in [4.69, 9.17) is 5.73 Å². The number of anilines is 2. The van der Waals surface area contributed by atoms with E-state index in [0.717, 1.165) is 0 Å². The highest BCUT2D eigenvalue weighted by Gasteiger charge is 2.30. The number of amides is 1. The Hall–Kier alpha value is -1.62. The minimum atomic E-state index is -0.595. The summed E-state index contributed by atoms with van der Waals surface area (Å²) in [7, 11) is 0. The number of nitrogens with zero attached hydrogens (tertiary/aromatic N) is 2. The van der Waals surface area contributed by atoms with Crippen LogP contribution in [0, 0.1) is 0 Å². The van der Waals surface area contributed by atoms with Crippen LogP contribution >= 0.6 is 0 Å². The normalized spacial score (nSPS) is 21.6. The van der Waals surface area contributed by atoms with E-state index >= 15 is 0 Å². The third-order valence-electron chi connectivity index (χ3n) is 2.23. The number of carbonyl (C=O) groups is 1. The summed E-state index contributed by atoms with van der Waals surface area (Å²) < 4.78 is 0. The molecule has 1 atom stereocenters. The van der Waals surface area contributed by atoms with E-state index in [-0.39, 0.29) is 12.3 Å². The predicted molar refractivity (Wildman–Crippen MR) is 51.6 cm³/mol. The lowest BCUT2D eigenvalue weighted by atomic mass is 10.3. The van der Waals surface area contributed by atoms with Crippen LogP contribution in [-0.2, 0) is 4.79 Å². The average molecular weight is 193 g/mol. The van der Waals surface area contributed by atoms with E-state index in [2.05, 4.69) is 4.98 Å². The van der Waals surface area contributed by atoms with Crippen LogP contribution in [0.1, 0.15) is 6.42 Å². The second kappa shape index (κ2) is 3.26. The second-order valence-corrected chi connectivity index (χ2v) is 3.30. The van der Waals surface area contributed by atoms with Crippen LogP contribution in [0.4, 0.5) is 11.4 Å². The highest BCUT2D eigenvalue weighted by Crippen LogP contribution is 2.25. The maximum Gasteiger partial charge on any atom is 0.229 e. The highest BCUT2D eigenvalue weighted by atomic mass is 16.3. The fraction of sp³-hybridized carbons (Fsp3) is 0.333. The van der Waals surface area contributed by atoms with Gasteiger partial charge in [0.15, 0.2) is 0 Å². The molecule has 1 aliphatic rings. The summed E-state index contributed by atoms with van der Waals surface area (Å²) in [6.07, 6.45) is 2.66. The minimum Gasteiger partial charge on any atom is -0.397 e. The van der Waals surface area contributed by atoms with Crippen molar-refractivity contribution in [1.29, 1.82) is 0 Å². The zero-order chi connectivity index (χ0) is 10.1. The molecule has 1 saturated heterocycles. The average Bonchev–Trinajstić information content (AvgIpc) is 2.46. The minimum absolute atomic E-state index is 0.114. The summed E-state index contributed by atoms with van der Waals surface area (Å²) >= 11 is 0. The van der Waals surface area contributed by atoms with Gasteiger partial charge in [0.2, 0.25) is 5.91 Å². The second-order valence-electron chi connectivity index (χ2n) is 3.30. The van der Waals surface area contributed by atoms with Crippen molar-refractivity contribution in [2.45, 2.75) is 12.5 Å². The van der Waals surface area contributed by atoms with Gasteiger partial charge in [-0.05, 0) is 6.07 Å². The molecule has 1 amide bonds. The first-order valence-corrected chi connectivity index (χ1v) is 4.36. The molecule has 0 aliphatic carbocycles. The molecule has 1 aliphatic heterocycles. The van der Waals surface area contributed by atoms with Gasteiger partial charge in [-0.3, -0.25) is 9.78 Å².